The van der Waals surface area contributed by atoms with Crippen molar-refractivity contribution in [3.05, 3.63) is 35.1 Å². The number of nitrogens with one attached hydrogen (secondary N) is 1. The summed E-state index contributed by atoms with van der Waals surface area (Å²) in [6.07, 6.45) is 4.02. The van der Waals surface area contributed by atoms with Crippen LogP contribution in [0.1, 0.15) is 49.4 Å². The van der Waals surface area contributed by atoms with Crippen molar-refractivity contribution < 1.29 is 22.8 Å². The first-order chi connectivity index (χ1) is 12.0. The monoisotopic (exact) mass is 356 g/mol. The van der Waals surface area contributed by atoms with Crippen molar-refractivity contribution in [3.8, 4) is 0 Å². The topological polar surface area (TPSA) is 49.4 Å². The highest BCUT2D eigenvalue weighted by Gasteiger charge is 2.29. The lowest BCUT2D eigenvalue weighted by molar-refractivity contribution is -0.126. The van der Waals surface area contributed by atoms with Crippen molar-refractivity contribution in [3.63, 3.8) is 0 Å². The second-order valence-corrected chi connectivity index (χ2v) is 6.29. The van der Waals surface area contributed by atoms with E-state index in [9.17, 15) is 22.8 Å². The molecule has 0 aliphatic carbocycles. The second kappa shape index (κ2) is 8.87. The molecule has 7 heteroatoms. The summed E-state index contributed by atoms with van der Waals surface area (Å²) in [6, 6.07) is 1.69. The molecule has 1 aromatic rings. The van der Waals surface area contributed by atoms with E-state index in [2.05, 4.69) is 12.2 Å². The molecule has 1 saturated heterocycles. The normalized spacial score (nSPS) is 15.3. The van der Waals surface area contributed by atoms with Crippen molar-refractivity contribution in [2.24, 2.45) is 5.92 Å². The van der Waals surface area contributed by atoms with Gasteiger partial charge >= 0.3 is 0 Å². The Kier molecular flexibility index (Phi) is 6.84. The third kappa shape index (κ3) is 4.74. The molecule has 0 atom stereocenters. The van der Waals surface area contributed by atoms with Gasteiger partial charge in [0, 0.05) is 25.6 Å². The molecular weight excluding hydrogens is 333 g/mol. The summed E-state index contributed by atoms with van der Waals surface area (Å²) in [6.45, 7) is 3.30. The van der Waals surface area contributed by atoms with Crippen molar-refractivity contribution in [1.82, 2.24) is 10.2 Å². The van der Waals surface area contributed by atoms with E-state index in [0.717, 1.165) is 31.4 Å². The number of hydrogen-bond donors (Lipinski definition) is 1. The van der Waals surface area contributed by atoms with Crippen molar-refractivity contribution >= 4 is 11.8 Å². The Morgan fingerprint density at radius 3 is 2.44 bits per heavy atom. The first-order valence-corrected chi connectivity index (χ1v) is 8.66. The fraction of sp³-hybridized carbons (Fsp3) is 0.556. The van der Waals surface area contributed by atoms with Crippen LogP contribution in [0.5, 0.6) is 0 Å². The van der Waals surface area contributed by atoms with Gasteiger partial charge in [-0.25, -0.2) is 13.2 Å². The molecular formula is C18H23F3N2O2. The van der Waals surface area contributed by atoms with Gasteiger partial charge in [0.05, 0.1) is 5.56 Å². The molecule has 1 heterocycles. The summed E-state index contributed by atoms with van der Waals surface area (Å²) in [7, 11) is 0. The lowest BCUT2D eigenvalue weighted by Gasteiger charge is -2.31. The Morgan fingerprint density at radius 1 is 1.12 bits per heavy atom. The third-order valence-electron chi connectivity index (χ3n) is 4.50. The lowest BCUT2D eigenvalue weighted by atomic mass is 9.95. The smallest absolute Gasteiger partial charge is 0.256 e. The molecule has 2 rings (SSSR count). The lowest BCUT2D eigenvalue weighted by Crippen LogP contribution is -2.43. The van der Waals surface area contributed by atoms with Gasteiger partial charge in [-0.05, 0) is 31.4 Å². The predicted molar refractivity (Wildman–Crippen MR) is 87.5 cm³/mol. The number of benzene rings is 1. The molecule has 1 aliphatic rings. The van der Waals surface area contributed by atoms with Crippen LogP contribution in [-0.2, 0) is 4.79 Å². The standard InChI is InChI=1S/C18H23F3N2O2/c1-2-3-4-9-22-17(24)12-7-10-23(11-8-12)18(25)13-5-6-14(19)16(21)15(13)20/h5-6,12H,2-4,7-11H2,1H3,(H,22,24). The minimum absolute atomic E-state index is 0.0257. The maximum absolute atomic E-state index is 13.7. The number of piperidine rings is 1. The molecule has 1 N–H and O–H groups in total. The van der Waals surface area contributed by atoms with Crippen LogP contribution in [0, 0.1) is 23.4 Å². The second-order valence-electron chi connectivity index (χ2n) is 6.29. The Bertz CT molecular complexity index is 629. The van der Waals surface area contributed by atoms with Crippen LogP contribution in [0.2, 0.25) is 0 Å². The number of halogens is 3. The van der Waals surface area contributed by atoms with Gasteiger partial charge in [0.2, 0.25) is 5.91 Å². The molecule has 0 aromatic heterocycles. The van der Waals surface area contributed by atoms with Gasteiger partial charge in [-0.1, -0.05) is 19.8 Å². The summed E-state index contributed by atoms with van der Waals surface area (Å²) in [5.74, 6) is -5.33. The summed E-state index contributed by atoms with van der Waals surface area (Å²) < 4.78 is 40.0. The molecule has 138 valence electrons. The minimum Gasteiger partial charge on any atom is -0.356 e. The number of likely N-dealkylation sites (tertiary alicyclic amines) is 1. The van der Waals surface area contributed by atoms with E-state index in [0.29, 0.717) is 19.4 Å². The highest BCUT2D eigenvalue weighted by Crippen LogP contribution is 2.22. The zero-order valence-electron chi connectivity index (χ0n) is 14.3. The van der Waals surface area contributed by atoms with Crippen LogP contribution in [0.4, 0.5) is 13.2 Å². The molecule has 0 saturated carbocycles. The van der Waals surface area contributed by atoms with Gasteiger partial charge in [-0.2, -0.15) is 0 Å². The fourth-order valence-corrected chi connectivity index (χ4v) is 2.94. The number of nitrogens with zero attached hydrogens (tertiary/aromatic N) is 1. The average Bonchev–Trinajstić information content (AvgIpc) is 2.63. The average molecular weight is 356 g/mol. The van der Waals surface area contributed by atoms with E-state index in [1.807, 2.05) is 0 Å². The zero-order chi connectivity index (χ0) is 18.4. The van der Waals surface area contributed by atoms with Crippen molar-refractivity contribution in [2.45, 2.75) is 39.0 Å². The molecule has 0 radical (unpaired) electrons. The van der Waals surface area contributed by atoms with Gasteiger partial charge in [0.15, 0.2) is 17.5 Å². The number of unbranched alkanes of at least 4 members (excludes halogenated alkanes) is 2. The first kappa shape index (κ1) is 19.3. The number of carbonyl (C=O) groups excluding carboxylic acids is 2. The molecule has 1 aliphatic heterocycles. The molecule has 25 heavy (non-hydrogen) atoms. The van der Waals surface area contributed by atoms with Crippen molar-refractivity contribution in [2.75, 3.05) is 19.6 Å². The Hall–Kier alpha value is -2.05. The maximum atomic E-state index is 13.7. The Morgan fingerprint density at radius 2 is 1.80 bits per heavy atom. The van der Waals surface area contributed by atoms with Crippen LogP contribution in [0.15, 0.2) is 12.1 Å². The number of rotatable bonds is 6. The summed E-state index contributed by atoms with van der Waals surface area (Å²) in [5.41, 5.74) is -0.485. The van der Waals surface area contributed by atoms with E-state index in [-0.39, 0.29) is 24.9 Å². The highest BCUT2D eigenvalue weighted by molar-refractivity contribution is 5.94. The third-order valence-corrected chi connectivity index (χ3v) is 4.50. The molecule has 0 spiro atoms. The predicted octanol–water partition coefficient (Wildman–Crippen LogP) is 3.26. The Labute approximate surface area is 145 Å². The van der Waals surface area contributed by atoms with E-state index >= 15 is 0 Å². The van der Waals surface area contributed by atoms with Crippen LogP contribution >= 0.6 is 0 Å². The van der Waals surface area contributed by atoms with Crippen LogP contribution in [0.3, 0.4) is 0 Å². The van der Waals surface area contributed by atoms with E-state index in [4.69, 9.17) is 0 Å². The molecule has 2 amide bonds. The van der Waals surface area contributed by atoms with E-state index in [1.54, 1.807) is 0 Å². The first-order valence-electron chi connectivity index (χ1n) is 8.66. The van der Waals surface area contributed by atoms with Crippen molar-refractivity contribution in [1.29, 1.82) is 0 Å². The Balaban J connectivity index is 1.88. The van der Waals surface area contributed by atoms with Gasteiger partial charge in [0.25, 0.3) is 5.91 Å². The van der Waals surface area contributed by atoms with Crippen LogP contribution in [0.25, 0.3) is 0 Å². The number of amides is 2. The van der Waals surface area contributed by atoms with E-state index in [1.165, 1.54) is 4.90 Å². The molecule has 0 bridgehead atoms. The highest BCUT2D eigenvalue weighted by atomic mass is 19.2. The van der Waals surface area contributed by atoms with Gasteiger partial charge in [0.1, 0.15) is 0 Å². The quantitative estimate of drug-likeness (QED) is 0.628. The van der Waals surface area contributed by atoms with Gasteiger partial charge < -0.3 is 10.2 Å². The van der Waals surface area contributed by atoms with Gasteiger partial charge in [-0.3, -0.25) is 9.59 Å². The van der Waals surface area contributed by atoms with Gasteiger partial charge in [-0.15, -0.1) is 0 Å². The summed E-state index contributed by atoms with van der Waals surface area (Å²) in [4.78, 5) is 25.8. The fourth-order valence-electron chi connectivity index (χ4n) is 2.94. The molecule has 0 unspecified atom stereocenters. The van der Waals surface area contributed by atoms with Crippen LogP contribution in [-0.4, -0.2) is 36.3 Å². The summed E-state index contributed by atoms with van der Waals surface area (Å²) in [5, 5.41) is 2.89. The molecule has 1 aromatic carbocycles. The zero-order valence-corrected chi connectivity index (χ0v) is 14.3. The number of hydrogen-bond acceptors (Lipinski definition) is 2. The maximum Gasteiger partial charge on any atom is 0.256 e. The molecule has 1 fully saturated rings. The van der Waals surface area contributed by atoms with Crippen LogP contribution < -0.4 is 5.32 Å². The number of carbonyl (C=O) groups is 2. The molecule has 4 nitrogen and oxygen atoms in total. The SMILES string of the molecule is CCCCCNC(=O)C1CCN(C(=O)c2ccc(F)c(F)c2F)CC1. The summed E-state index contributed by atoms with van der Waals surface area (Å²) >= 11 is 0. The largest absolute Gasteiger partial charge is 0.356 e. The van der Waals surface area contributed by atoms with E-state index < -0.39 is 28.9 Å². The minimum atomic E-state index is -1.65.